The molecule has 0 aromatic rings. The maximum Gasteiger partial charge on any atom is 0.383 e. The van der Waals surface area contributed by atoms with E-state index in [2.05, 4.69) is 23.6 Å². The number of rotatable bonds is 32. The normalized spacial score (nSPS) is 12.0. The highest BCUT2D eigenvalue weighted by molar-refractivity contribution is 5.75. The van der Waals surface area contributed by atoms with Crippen LogP contribution in [0, 0.1) is 0 Å². The van der Waals surface area contributed by atoms with Crippen molar-refractivity contribution in [2.24, 2.45) is 0 Å². The van der Waals surface area contributed by atoms with E-state index in [0.717, 1.165) is 38.5 Å². The van der Waals surface area contributed by atoms with Crippen molar-refractivity contribution in [2.45, 2.75) is 219 Å². The predicted octanol–water partition coefficient (Wildman–Crippen LogP) is 11.5. The van der Waals surface area contributed by atoms with E-state index in [1.165, 1.54) is 148 Å². The van der Waals surface area contributed by atoms with Gasteiger partial charge in [-0.3, -0.25) is 0 Å². The molecule has 0 saturated heterocycles. The minimum Gasteiger partial charge on any atom is -0.381 e. The van der Waals surface area contributed by atoms with Gasteiger partial charge >= 0.3 is 11.9 Å². The van der Waals surface area contributed by atoms with Crippen LogP contribution in [0.4, 0.5) is 0 Å². The fraction of sp³-hybridized carbons (Fsp3) is 0.944. The van der Waals surface area contributed by atoms with Gasteiger partial charge in [0.2, 0.25) is 0 Å². The molecule has 5 heteroatoms. The third-order valence-corrected chi connectivity index (χ3v) is 8.30. The van der Waals surface area contributed by atoms with E-state index >= 15 is 0 Å². The van der Waals surface area contributed by atoms with Crippen molar-refractivity contribution in [1.29, 1.82) is 0 Å². The fourth-order valence-electron chi connectivity index (χ4n) is 5.48. The van der Waals surface area contributed by atoms with Gasteiger partial charge in [-0.15, -0.1) is 0 Å². The summed E-state index contributed by atoms with van der Waals surface area (Å²) in [7, 11) is 0. The maximum atomic E-state index is 11.9. The molecule has 0 spiro atoms. The molecular weight excluding hydrogens is 512 g/mol. The first-order valence-electron chi connectivity index (χ1n) is 18.2. The standard InChI is InChI=1S/C36H70O5/c1-3-5-7-9-11-13-15-17-19-21-23-25-27-29-31-33-35(38)40-41-36(39)34(37)32-30-28-26-24-22-20-18-16-14-12-10-8-6-4-2/h34,37H,3-33H2,1-2H3. The molecule has 41 heavy (non-hydrogen) atoms. The second-order valence-corrected chi connectivity index (χ2v) is 12.5. The summed E-state index contributed by atoms with van der Waals surface area (Å²) in [4.78, 5) is 32.9. The van der Waals surface area contributed by atoms with Gasteiger partial charge in [0.15, 0.2) is 6.10 Å². The molecule has 1 N–H and O–H groups in total. The van der Waals surface area contributed by atoms with Gasteiger partial charge in [0.05, 0.1) is 6.42 Å². The van der Waals surface area contributed by atoms with Gasteiger partial charge in [0.25, 0.3) is 0 Å². The van der Waals surface area contributed by atoms with Gasteiger partial charge in [0, 0.05) is 0 Å². The van der Waals surface area contributed by atoms with Crippen molar-refractivity contribution in [3.63, 3.8) is 0 Å². The van der Waals surface area contributed by atoms with Crippen LogP contribution in [-0.2, 0) is 19.4 Å². The van der Waals surface area contributed by atoms with Crippen LogP contribution in [-0.4, -0.2) is 23.1 Å². The Kier molecular flexibility index (Phi) is 32.5. The third-order valence-electron chi connectivity index (χ3n) is 8.30. The van der Waals surface area contributed by atoms with E-state index in [-0.39, 0.29) is 6.42 Å². The summed E-state index contributed by atoms with van der Waals surface area (Å²) in [5.74, 6) is -1.39. The molecule has 0 saturated carbocycles. The van der Waals surface area contributed by atoms with Gasteiger partial charge in [-0.25, -0.2) is 19.4 Å². The van der Waals surface area contributed by atoms with Gasteiger partial charge in [-0.05, 0) is 12.8 Å². The number of carbonyl (C=O) groups is 2. The van der Waals surface area contributed by atoms with E-state index in [0.29, 0.717) is 6.42 Å². The molecule has 5 nitrogen and oxygen atoms in total. The Morgan fingerprint density at radius 3 is 1.07 bits per heavy atom. The molecule has 1 unspecified atom stereocenters. The fourth-order valence-corrected chi connectivity index (χ4v) is 5.48. The van der Waals surface area contributed by atoms with Crippen LogP contribution in [0.15, 0.2) is 0 Å². The summed E-state index contributed by atoms with van der Waals surface area (Å²) >= 11 is 0. The number of carbonyl (C=O) groups excluding carboxylic acids is 2. The zero-order valence-electron chi connectivity index (χ0n) is 27.6. The lowest BCUT2D eigenvalue weighted by molar-refractivity contribution is -0.264. The molecule has 0 aromatic carbocycles. The summed E-state index contributed by atoms with van der Waals surface area (Å²) < 4.78 is 0. The Morgan fingerprint density at radius 1 is 0.439 bits per heavy atom. The number of aliphatic hydroxyl groups is 1. The summed E-state index contributed by atoms with van der Waals surface area (Å²) in [5, 5.41) is 9.97. The van der Waals surface area contributed by atoms with E-state index in [4.69, 9.17) is 0 Å². The van der Waals surface area contributed by atoms with E-state index in [9.17, 15) is 14.7 Å². The molecule has 0 aliphatic heterocycles. The molecule has 244 valence electrons. The van der Waals surface area contributed by atoms with Crippen molar-refractivity contribution in [3.05, 3.63) is 0 Å². The molecule has 1 atom stereocenters. The highest BCUT2D eigenvalue weighted by atomic mass is 17.2. The second kappa shape index (κ2) is 33.4. The van der Waals surface area contributed by atoms with Crippen LogP contribution in [0.1, 0.15) is 213 Å². The number of hydrogen-bond acceptors (Lipinski definition) is 5. The minimum atomic E-state index is -1.22. The van der Waals surface area contributed by atoms with Crippen LogP contribution in [0.2, 0.25) is 0 Å². The largest absolute Gasteiger partial charge is 0.383 e. The van der Waals surface area contributed by atoms with Gasteiger partial charge in [-0.2, -0.15) is 0 Å². The first kappa shape index (κ1) is 39.9. The molecule has 0 aromatic heterocycles. The van der Waals surface area contributed by atoms with Crippen molar-refractivity contribution in [1.82, 2.24) is 0 Å². The summed E-state index contributed by atoms with van der Waals surface area (Å²) in [6.45, 7) is 4.53. The summed E-state index contributed by atoms with van der Waals surface area (Å²) in [5.41, 5.74) is 0. The molecule has 0 heterocycles. The Bertz CT molecular complexity index is 550. The van der Waals surface area contributed by atoms with Crippen LogP contribution in [0.3, 0.4) is 0 Å². The average Bonchev–Trinajstić information content (AvgIpc) is 2.97. The topological polar surface area (TPSA) is 72.8 Å². The predicted molar refractivity (Wildman–Crippen MR) is 173 cm³/mol. The van der Waals surface area contributed by atoms with Crippen molar-refractivity contribution < 1.29 is 24.5 Å². The van der Waals surface area contributed by atoms with Crippen LogP contribution in [0.5, 0.6) is 0 Å². The lowest BCUT2D eigenvalue weighted by atomic mass is 10.0. The number of hydrogen-bond donors (Lipinski definition) is 1. The van der Waals surface area contributed by atoms with Crippen LogP contribution in [0.25, 0.3) is 0 Å². The van der Waals surface area contributed by atoms with Crippen LogP contribution < -0.4 is 0 Å². The first-order chi connectivity index (χ1) is 20.1. The lowest BCUT2D eigenvalue weighted by Gasteiger charge is -2.09. The molecule has 0 radical (unpaired) electrons. The molecule has 0 aliphatic carbocycles. The molecule has 0 fully saturated rings. The third kappa shape index (κ3) is 31.7. The van der Waals surface area contributed by atoms with E-state index in [1.807, 2.05) is 0 Å². The van der Waals surface area contributed by atoms with E-state index in [1.54, 1.807) is 0 Å². The summed E-state index contributed by atoms with van der Waals surface area (Å²) in [6, 6.07) is 0. The molecule has 0 bridgehead atoms. The van der Waals surface area contributed by atoms with Gasteiger partial charge in [-0.1, -0.05) is 194 Å². The van der Waals surface area contributed by atoms with E-state index < -0.39 is 18.0 Å². The quantitative estimate of drug-likeness (QED) is 0.0485. The zero-order valence-corrected chi connectivity index (χ0v) is 27.6. The Balaban J connectivity index is 3.39. The van der Waals surface area contributed by atoms with Crippen molar-refractivity contribution in [2.75, 3.05) is 0 Å². The molecule has 0 rings (SSSR count). The second-order valence-electron chi connectivity index (χ2n) is 12.5. The highest BCUT2D eigenvalue weighted by Gasteiger charge is 2.19. The van der Waals surface area contributed by atoms with Gasteiger partial charge < -0.3 is 5.11 Å². The van der Waals surface area contributed by atoms with Crippen molar-refractivity contribution in [3.8, 4) is 0 Å². The Labute approximate surface area is 255 Å². The zero-order chi connectivity index (χ0) is 30.1. The van der Waals surface area contributed by atoms with Gasteiger partial charge in [0.1, 0.15) is 0 Å². The molecule has 0 amide bonds. The first-order valence-corrected chi connectivity index (χ1v) is 18.2. The molecular formula is C36H70O5. The Hall–Kier alpha value is -1.10. The minimum absolute atomic E-state index is 0.251. The SMILES string of the molecule is CCCCCCCCCCCCCCCCCC(=O)OOC(=O)C(O)CCCCCCCCCCCCCCCC. The van der Waals surface area contributed by atoms with Crippen molar-refractivity contribution >= 4 is 11.9 Å². The lowest BCUT2D eigenvalue weighted by Crippen LogP contribution is -2.24. The number of aliphatic hydroxyl groups excluding tert-OH is 1. The number of unbranched alkanes of at least 4 members (excludes halogenated alkanes) is 27. The summed E-state index contributed by atoms with van der Waals surface area (Å²) in [6.07, 6.45) is 36.2. The maximum absolute atomic E-state index is 11.9. The smallest absolute Gasteiger partial charge is 0.381 e. The highest BCUT2D eigenvalue weighted by Crippen LogP contribution is 2.15. The molecule has 0 aliphatic rings. The monoisotopic (exact) mass is 583 g/mol. The average molecular weight is 583 g/mol. The van der Waals surface area contributed by atoms with Crippen LogP contribution >= 0.6 is 0 Å². The Morgan fingerprint density at radius 2 is 0.732 bits per heavy atom.